The highest BCUT2D eigenvalue weighted by Gasteiger charge is 2.30. The molecule has 0 spiro atoms. The van der Waals surface area contributed by atoms with Gasteiger partial charge in [-0.05, 0) is 59.2 Å². The lowest BCUT2D eigenvalue weighted by Crippen LogP contribution is -2.53. The molecule has 1 aromatic carbocycles. The standard InChI is InChI=1S/C20H31N3O2/c1-15(18(24)22-20(2,3)4)23-12-10-17(11-13-23)19(25)21-14-16-8-6-5-7-9-16/h5-9,15,17H,10-14H2,1-4H3,(H,21,25)(H,22,24). The maximum atomic E-state index is 12.4. The monoisotopic (exact) mass is 345 g/mol. The third-order valence-electron chi connectivity index (χ3n) is 4.64. The van der Waals surface area contributed by atoms with Crippen LogP contribution in [0.1, 0.15) is 46.1 Å². The third-order valence-corrected chi connectivity index (χ3v) is 4.64. The van der Waals surface area contributed by atoms with Crippen molar-refractivity contribution in [1.82, 2.24) is 15.5 Å². The molecule has 1 aliphatic rings. The van der Waals surface area contributed by atoms with Crippen LogP contribution in [0.5, 0.6) is 0 Å². The molecule has 5 heteroatoms. The van der Waals surface area contributed by atoms with Gasteiger partial charge < -0.3 is 10.6 Å². The van der Waals surface area contributed by atoms with Gasteiger partial charge in [0.05, 0.1) is 6.04 Å². The van der Waals surface area contributed by atoms with E-state index in [1.165, 1.54) is 0 Å². The summed E-state index contributed by atoms with van der Waals surface area (Å²) in [6.45, 7) is 10.0. The van der Waals surface area contributed by atoms with Gasteiger partial charge in [-0.1, -0.05) is 30.3 Å². The summed E-state index contributed by atoms with van der Waals surface area (Å²) < 4.78 is 0. The lowest BCUT2D eigenvalue weighted by atomic mass is 9.94. The molecule has 2 N–H and O–H groups in total. The number of likely N-dealkylation sites (tertiary alicyclic amines) is 1. The van der Waals surface area contributed by atoms with Crippen molar-refractivity contribution in [2.75, 3.05) is 13.1 Å². The number of nitrogens with zero attached hydrogens (tertiary/aromatic N) is 1. The van der Waals surface area contributed by atoms with E-state index >= 15 is 0 Å². The molecule has 25 heavy (non-hydrogen) atoms. The maximum absolute atomic E-state index is 12.4. The van der Waals surface area contributed by atoms with E-state index in [9.17, 15) is 9.59 Å². The number of hydrogen-bond acceptors (Lipinski definition) is 3. The fourth-order valence-corrected chi connectivity index (χ4v) is 3.12. The summed E-state index contributed by atoms with van der Waals surface area (Å²) >= 11 is 0. The van der Waals surface area contributed by atoms with Gasteiger partial charge in [0.1, 0.15) is 0 Å². The van der Waals surface area contributed by atoms with Crippen LogP contribution in [0, 0.1) is 5.92 Å². The summed E-state index contributed by atoms with van der Waals surface area (Å²) in [5, 5.41) is 6.06. The Labute approximate surface area is 151 Å². The number of hydrogen-bond donors (Lipinski definition) is 2. The Morgan fingerprint density at radius 3 is 2.32 bits per heavy atom. The Morgan fingerprint density at radius 2 is 1.76 bits per heavy atom. The molecule has 0 bridgehead atoms. The van der Waals surface area contributed by atoms with Crippen LogP contribution < -0.4 is 10.6 Å². The van der Waals surface area contributed by atoms with Crippen molar-refractivity contribution >= 4 is 11.8 Å². The topological polar surface area (TPSA) is 61.4 Å². The largest absolute Gasteiger partial charge is 0.352 e. The van der Waals surface area contributed by atoms with E-state index in [0.29, 0.717) is 6.54 Å². The Hall–Kier alpha value is -1.88. The first kappa shape index (κ1) is 19.4. The normalized spacial score (nSPS) is 17.8. The van der Waals surface area contributed by atoms with Crippen LogP contribution in [0.2, 0.25) is 0 Å². The fraction of sp³-hybridized carbons (Fsp3) is 0.600. The van der Waals surface area contributed by atoms with Crippen LogP contribution in [0.3, 0.4) is 0 Å². The number of nitrogens with one attached hydrogen (secondary N) is 2. The van der Waals surface area contributed by atoms with E-state index < -0.39 is 0 Å². The van der Waals surface area contributed by atoms with Crippen LogP contribution in [-0.2, 0) is 16.1 Å². The molecule has 1 fully saturated rings. The number of carbonyl (C=O) groups is 2. The minimum Gasteiger partial charge on any atom is -0.352 e. The van der Waals surface area contributed by atoms with E-state index in [1.807, 2.05) is 58.0 Å². The van der Waals surface area contributed by atoms with Crippen molar-refractivity contribution in [2.24, 2.45) is 5.92 Å². The summed E-state index contributed by atoms with van der Waals surface area (Å²) in [5.41, 5.74) is 0.891. The summed E-state index contributed by atoms with van der Waals surface area (Å²) in [5.74, 6) is 0.215. The van der Waals surface area contributed by atoms with E-state index in [2.05, 4.69) is 15.5 Å². The van der Waals surface area contributed by atoms with Crippen molar-refractivity contribution in [3.63, 3.8) is 0 Å². The highest BCUT2D eigenvalue weighted by atomic mass is 16.2. The summed E-state index contributed by atoms with van der Waals surface area (Å²) in [7, 11) is 0. The molecule has 0 radical (unpaired) electrons. The average molecular weight is 345 g/mol. The summed E-state index contributed by atoms with van der Waals surface area (Å²) in [4.78, 5) is 26.8. The minimum absolute atomic E-state index is 0.0397. The average Bonchev–Trinajstić information content (AvgIpc) is 2.58. The Bertz CT molecular complexity index is 572. The number of carbonyl (C=O) groups excluding carboxylic acids is 2. The number of benzene rings is 1. The third kappa shape index (κ3) is 6.16. The van der Waals surface area contributed by atoms with Crippen molar-refractivity contribution in [3.8, 4) is 0 Å². The lowest BCUT2D eigenvalue weighted by Gasteiger charge is -2.36. The highest BCUT2D eigenvalue weighted by Crippen LogP contribution is 2.20. The van der Waals surface area contributed by atoms with Crippen molar-refractivity contribution in [3.05, 3.63) is 35.9 Å². The van der Waals surface area contributed by atoms with Crippen LogP contribution in [-0.4, -0.2) is 41.4 Å². The molecule has 1 aromatic rings. The molecular weight excluding hydrogens is 314 g/mol. The molecule has 1 unspecified atom stereocenters. The van der Waals surface area contributed by atoms with Gasteiger partial charge in [-0.2, -0.15) is 0 Å². The Morgan fingerprint density at radius 1 is 1.16 bits per heavy atom. The first-order valence-corrected chi connectivity index (χ1v) is 9.14. The molecule has 1 heterocycles. The van der Waals surface area contributed by atoms with Crippen molar-refractivity contribution < 1.29 is 9.59 Å². The molecule has 1 aliphatic heterocycles. The molecule has 0 aliphatic carbocycles. The number of piperidine rings is 1. The highest BCUT2D eigenvalue weighted by molar-refractivity contribution is 5.82. The van der Waals surface area contributed by atoms with Gasteiger partial charge in [-0.3, -0.25) is 14.5 Å². The molecule has 0 saturated carbocycles. The zero-order valence-corrected chi connectivity index (χ0v) is 15.8. The minimum atomic E-state index is -0.221. The van der Waals surface area contributed by atoms with E-state index in [4.69, 9.17) is 0 Å². The summed E-state index contributed by atoms with van der Waals surface area (Å²) in [6.07, 6.45) is 1.60. The van der Waals surface area contributed by atoms with Crippen molar-refractivity contribution in [2.45, 2.75) is 58.7 Å². The first-order chi connectivity index (χ1) is 11.8. The second-order valence-electron chi connectivity index (χ2n) is 7.93. The van der Waals surface area contributed by atoms with Crippen LogP contribution in [0.15, 0.2) is 30.3 Å². The Balaban J connectivity index is 1.76. The van der Waals surface area contributed by atoms with Crippen LogP contribution in [0.25, 0.3) is 0 Å². The fourth-order valence-electron chi connectivity index (χ4n) is 3.12. The smallest absolute Gasteiger partial charge is 0.237 e. The van der Waals surface area contributed by atoms with Gasteiger partial charge in [-0.25, -0.2) is 0 Å². The van der Waals surface area contributed by atoms with Gasteiger partial charge in [0, 0.05) is 18.0 Å². The van der Waals surface area contributed by atoms with Gasteiger partial charge in [0.2, 0.25) is 11.8 Å². The molecule has 138 valence electrons. The zero-order valence-electron chi connectivity index (χ0n) is 15.8. The second kappa shape index (κ2) is 8.48. The van der Waals surface area contributed by atoms with E-state index in [1.54, 1.807) is 0 Å². The molecule has 0 aromatic heterocycles. The van der Waals surface area contributed by atoms with Crippen LogP contribution >= 0.6 is 0 Å². The number of rotatable bonds is 5. The lowest BCUT2D eigenvalue weighted by molar-refractivity contribution is -0.129. The predicted octanol–water partition coefficient (Wildman–Crippen LogP) is 2.32. The molecule has 1 saturated heterocycles. The van der Waals surface area contributed by atoms with Crippen molar-refractivity contribution in [1.29, 1.82) is 0 Å². The SMILES string of the molecule is CC(C(=O)NC(C)(C)C)N1CCC(C(=O)NCc2ccccc2)CC1. The zero-order chi connectivity index (χ0) is 18.4. The molecule has 2 rings (SSSR count). The van der Waals surface area contributed by atoms with E-state index in [0.717, 1.165) is 31.5 Å². The molecule has 1 atom stereocenters. The van der Waals surface area contributed by atoms with Gasteiger partial charge in [0.15, 0.2) is 0 Å². The van der Waals surface area contributed by atoms with Gasteiger partial charge in [0.25, 0.3) is 0 Å². The van der Waals surface area contributed by atoms with Crippen LogP contribution in [0.4, 0.5) is 0 Å². The number of amides is 2. The summed E-state index contributed by atoms with van der Waals surface area (Å²) in [6, 6.07) is 9.79. The molecule has 5 nitrogen and oxygen atoms in total. The van der Waals surface area contributed by atoms with Gasteiger partial charge in [-0.15, -0.1) is 0 Å². The predicted molar refractivity (Wildman–Crippen MR) is 99.9 cm³/mol. The first-order valence-electron chi connectivity index (χ1n) is 9.14. The van der Waals surface area contributed by atoms with E-state index in [-0.39, 0.29) is 29.3 Å². The van der Waals surface area contributed by atoms with Gasteiger partial charge >= 0.3 is 0 Å². The molecular formula is C20H31N3O2. The maximum Gasteiger partial charge on any atom is 0.237 e. The quantitative estimate of drug-likeness (QED) is 0.861. The Kier molecular flexibility index (Phi) is 6.59. The second-order valence-corrected chi connectivity index (χ2v) is 7.93. The molecule has 2 amide bonds.